The van der Waals surface area contributed by atoms with Crippen molar-refractivity contribution in [3.05, 3.63) is 53.1 Å². The molecule has 2 aromatic rings. The summed E-state index contributed by atoms with van der Waals surface area (Å²) in [6.07, 6.45) is -3.71. The first-order valence-electron chi connectivity index (χ1n) is 10.9. The van der Waals surface area contributed by atoms with Crippen LogP contribution in [0, 0.1) is 0 Å². The third-order valence-corrected chi connectivity index (χ3v) is 5.92. The summed E-state index contributed by atoms with van der Waals surface area (Å²) in [5.74, 6) is -0.585. The van der Waals surface area contributed by atoms with Gasteiger partial charge in [-0.3, -0.25) is 14.6 Å². The minimum atomic E-state index is -4.52. The average Bonchev–Trinajstić information content (AvgIpc) is 3.31. The van der Waals surface area contributed by atoms with E-state index < -0.39 is 24.1 Å². The van der Waals surface area contributed by atoms with Crippen molar-refractivity contribution >= 4 is 5.97 Å². The molecule has 0 radical (unpaired) electrons. The molecule has 0 saturated carbocycles. The first kappa shape index (κ1) is 25.0. The third kappa shape index (κ3) is 6.04. The van der Waals surface area contributed by atoms with Crippen LogP contribution in [0.5, 0.6) is 5.75 Å². The molecule has 2 aromatic carbocycles. The zero-order chi connectivity index (χ0) is 24.2. The van der Waals surface area contributed by atoms with E-state index in [2.05, 4.69) is 0 Å². The number of carboxylic acid groups (broad SMARTS) is 1. The Hall–Kier alpha value is -2.62. The Morgan fingerprint density at radius 1 is 1.15 bits per heavy atom. The van der Waals surface area contributed by atoms with E-state index in [0.29, 0.717) is 34.5 Å². The van der Waals surface area contributed by atoms with Gasteiger partial charge >= 0.3 is 12.1 Å². The molecule has 0 bridgehead atoms. The highest BCUT2D eigenvalue weighted by molar-refractivity contribution is 5.77. The van der Waals surface area contributed by atoms with Crippen molar-refractivity contribution in [2.75, 3.05) is 26.7 Å². The number of carboxylic acids is 1. The van der Waals surface area contributed by atoms with E-state index in [1.807, 2.05) is 11.8 Å². The summed E-state index contributed by atoms with van der Waals surface area (Å²) in [5, 5.41) is 20.0. The maximum atomic E-state index is 13.5. The van der Waals surface area contributed by atoms with Crippen LogP contribution in [0.2, 0.25) is 0 Å². The number of aliphatic carboxylic acids is 1. The molecule has 9 heteroatoms. The van der Waals surface area contributed by atoms with Gasteiger partial charge < -0.3 is 14.9 Å². The number of hydrogen-bond acceptors (Lipinski definition) is 5. The number of ether oxygens (including phenoxy) is 1. The molecule has 2 N–H and O–H groups in total. The van der Waals surface area contributed by atoms with Crippen molar-refractivity contribution in [3.63, 3.8) is 0 Å². The van der Waals surface area contributed by atoms with E-state index in [-0.39, 0.29) is 13.0 Å². The molecule has 1 atom stereocenters. The molecule has 3 rings (SSSR count). The number of alkyl halides is 3. The number of nitrogens with zero attached hydrogens (tertiary/aromatic N) is 2. The van der Waals surface area contributed by atoms with Gasteiger partial charge in [-0.15, -0.1) is 0 Å². The lowest BCUT2D eigenvalue weighted by atomic mass is 9.94. The van der Waals surface area contributed by atoms with Gasteiger partial charge in [-0.2, -0.15) is 13.2 Å². The Balaban J connectivity index is 2.07. The number of likely N-dealkylation sites (tertiary alicyclic amines) is 1. The third-order valence-electron chi connectivity index (χ3n) is 5.92. The number of methoxy groups -OCH3 is 1. The Morgan fingerprint density at radius 2 is 1.85 bits per heavy atom. The number of halogens is 3. The maximum absolute atomic E-state index is 13.5. The van der Waals surface area contributed by atoms with Crippen molar-refractivity contribution in [2.45, 2.75) is 45.3 Å². The highest BCUT2D eigenvalue weighted by atomic mass is 19.4. The first-order valence-corrected chi connectivity index (χ1v) is 10.9. The van der Waals surface area contributed by atoms with Crippen LogP contribution in [0.25, 0.3) is 11.1 Å². The molecular weight excluding hydrogens is 437 g/mol. The Kier molecular flexibility index (Phi) is 7.99. The van der Waals surface area contributed by atoms with E-state index in [1.54, 1.807) is 23.1 Å². The molecule has 1 aliphatic rings. The second-order valence-corrected chi connectivity index (χ2v) is 8.13. The number of carbonyl (C=O) groups is 1. The van der Waals surface area contributed by atoms with Gasteiger partial charge in [0.1, 0.15) is 5.75 Å². The fourth-order valence-corrected chi connectivity index (χ4v) is 4.19. The van der Waals surface area contributed by atoms with Gasteiger partial charge in [0.2, 0.25) is 0 Å². The van der Waals surface area contributed by atoms with E-state index in [4.69, 9.17) is 9.84 Å². The molecule has 1 unspecified atom stereocenters. The minimum absolute atomic E-state index is 0.0831. The van der Waals surface area contributed by atoms with Crippen LogP contribution in [0.1, 0.15) is 36.5 Å². The van der Waals surface area contributed by atoms with Crippen LogP contribution in [-0.2, 0) is 23.9 Å². The monoisotopic (exact) mass is 466 g/mol. The minimum Gasteiger partial charge on any atom is -0.496 e. The summed E-state index contributed by atoms with van der Waals surface area (Å²) >= 11 is 0. The topological polar surface area (TPSA) is 73.2 Å². The van der Waals surface area contributed by atoms with Gasteiger partial charge in [0, 0.05) is 25.2 Å². The first-order chi connectivity index (χ1) is 15.6. The van der Waals surface area contributed by atoms with Crippen LogP contribution in [0.15, 0.2) is 36.4 Å². The van der Waals surface area contributed by atoms with Crippen molar-refractivity contribution in [2.24, 2.45) is 0 Å². The van der Waals surface area contributed by atoms with Crippen LogP contribution >= 0.6 is 0 Å². The molecule has 33 heavy (non-hydrogen) atoms. The van der Waals surface area contributed by atoms with Crippen molar-refractivity contribution < 1.29 is 32.9 Å². The zero-order valence-electron chi connectivity index (χ0n) is 18.7. The average molecular weight is 467 g/mol. The van der Waals surface area contributed by atoms with Crippen LogP contribution in [0.4, 0.5) is 13.2 Å². The van der Waals surface area contributed by atoms with E-state index >= 15 is 0 Å². The second kappa shape index (κ2) is 10.5. The summed E-state index contributed by atoms with van der Waals surface area (Å²) in [6, 6.07) is 8.36. The molecule has 1 heterocycles. The number of aliphatic hydroxyl groups is 1. The van der Waals surface area contributed by atoms with Gasteiger partial charge in [-0.05, 0) is 60.3 Å². The molecule has 0 aromatic heterocycles. The van der Waals surface area contributed by atoms with Crippen molar-refractivity contribution in [1.82, 2.24) is 9.80 Å². The van der Waals surface area contributed by atoms with Crippen LogP contribution in [0.3, 0.4) is 0 Å². The fraction of sp³-hybridized carbons (Fsp3) is 0.458. The van der Waals surface area contributed by atoms with Gasteiger partial charge in [0.25, 0.3) is 0 Å². The highest BCUT2D eigenvalue weighted by Crippen LogP contribution is 2.38. The molecule has 1 fully saturated rings. The molecule has 1 aliphatic heterocycles. The van der Waals surface area contributed by atoms with Crippen molar-refractivity contribution in [3.8, 4) is 16.9 Å². The van der Waals surface area contributed by atoms with Gasteiger partial charge in [0.05, 0.1) is 19.1 Å². The summed E-state index contributed by atoms with van der Waals surface area (Å²) in [6.45, 7) is 3.83. The van der Waals surface area contributed by atoms with Crippen LogP contribution < -0.4 is 4.74 Å². The standard InChI is InChI=1S/C24H29F3N2O4/c1-3-28(23(32)29-10-4-5-11-29)15-17-14-18(24(25,26)27)7-8-19(17)20-12-16(13-22(30)31)6-9-21(20)33-2/h6-9,12,14,23,32H,3-5,10-11,13,15H2,1-2H3,(H,30,31). The van der Waals surface area contributed by atoms with E-state index in [0.717, 1.165) is 38.1 Å². The quantitative estimate of drug-likeness (QED) is 0.540. The Morgan fingerprint density at radius 3 is 2.42 bits per heavy atom. The van der Waals surface area contributed by atoms with E-state index in [9.17, 15) is 23.1 Å². The zero-order valence-corrected chi connectivity index (χ0v) is 18.7. The Labute approximate surface area is 191 Å². The summed E-state index contributed by atoms with van der Waals surface area (Å²) in [5.41, 5.74) is 1.10. The predicted molar refractivity (Wildman–Crippen MR) is 118 cm³/mol. The Bertz CT molecular complexity index is 975. The number of hydrogen-bond donors (Lipinski definition) is 2. The number of aliphatic hydroxyl groups excluding tert-OH is 1. The molecule has 6 nitrogen and oxygen atoms in total. The largest absolute Gasteiger partial charge is 0.496 e. The molecule has 0 spiro atoms. The van der Waals surface area contributed by atoms with Crippen molar-refractivity contribution in [1.29, 1.82) is 0 Å². The lowest BCUT2D eigenvalue weighted by Gasteiger charge is -2.33. The molecule has 0 amide bonds. The number of benzene rings is 2. The number of rotatable bonds is 9. The van der Waals surface area contributed by atoms with Crippen LogP contribution in [-0.4, -0.2) is 59.1 Å². The summed E-state index contributed by atoms with van der Waals surface area (Å²) in [7, 11) is 1.45. The normalized spacial score (nSPS) is 15.7. The smallest absolute Gasteiger partial charge is 0.416 e. The molecular formula is C24H29F3N2O4. The van der Waals surface area contributed by atoms with E-state index in [1.165, 1.54) is 13.2 Å². The lowest BCUT2D eigenvalue weighted by molar-refractivity contribution is -0.138. The second-order valence-electron chi connectivity index (χ2n) is 8.13. The fourth-order valence-electron chi connectivity index (χ4n) is 4.19. The van der Waals surface area contributed by atoms with Gasteiger partial charge in [-0.25, -0.2) is 0 Å². The summed E-state index contributed by atoms with van der Waals surface area (Å²) in [4.78, 5) is 14.8. The van der Waals surface area contributed by atoms with Gasteiger partial charge in [-0.1, -0.05) is 19.1 Å². The predicted octanol–water partition coefficient (Wildman–Crippen LogP) is 4.20. The maximum Gasteiger partial charge on any atom is 0.416 e. The lowest BCUT2D eigenvalue weighted by Crippen LogP contribution is -2.46. The SMILES string of the molecule is CCN(Cc1cc(C(F)(F)F)ccc1-c1cc(CC(=O)O)ccc1OC)C(O)N1CCCC1. The van der Waals surface area contributed by atoms with Gasteiger partial charge in [0.15, 0.2) is 6.35 Å². The summed E-state index contributed by atoms with van der Waals surface area (Å²) < 4.78 is 46.0. The molecule has 180 valence electrons. The molecule has 1 saturated heterocycles. The highest BCUT2D eigenvalue weighted by Gasteiger charge is 2.32. The molecule has 0 aliphatic carbocycles.